The van der Waals surface area contributed by atoms with Gasteiger partial charge in [0.15, 0.2) is 5.78 Å². The molecule has 0 radical (unpaired) electrons. The zero-order chi connectivity index (χ0) is 19.2. The number of hydrogen-bond acceptors (Lipinski definition) is 4. The molecule has 0 aromatic rings. The fourth-order valence-electron chi connectivity index (χ4n) is 4.33. The SMILES string of the molecule is CC(C)(C)OC(=O)N[C@@H](CC1CCCCC1)[C@@H](O)C(=O)C1CCCCC1. The minimum atomic E-state index is -1.13. The fourth-order valence-corrected chi connectivity index (χ4v) is 4.33. The predicted octanol–water partition coefficient (Wildman–Crippen LogP) is 4.36. The third-order valence-corrected chi connectivity index (χ3v) is 5.69. The Hall–Kier alpha value is -1.10. The van der Waals surface area contributed by atoms with Crippen LogP contribution in [-0.4, -0.2) is 34.7 Å². The van der Waals surface area contributed by atoms with E-state index in [1.807, 2.05) is 20.8 Å². The van der Waals surface area contributed by atoms with Gasteiger partial charge < -0.3 is 15.2 Å². The van der Waals surface area contributed by atoms with E-state index in [2.05, 4.69) is 5.32 Å². The van der Waals surface area contributed by atoms with E-state index in [1.54, 1.807) is 0 Å². The Morgan fingerprint density at radius 3 is 2.08 bits per heavy atom. The summed E-state index contributed by atoms with van der Waals surface area (Å²) >= 11 is 0. The quantitative estimate of drug-likeness (QED) is 0.731. The highest BCUT2D eigenvalue weighted by atomic mass is 16.6. The minimum Gasteiger partial charge on any atom is -0.444 e. The highest BCUT2D eigenvalue weighted by Gasteiger charge is 2.35. The Labute approximate surface area is 158 Å². The van der Waals surface area contributed by atoms with Crippen LogP contribution in [0.3, 0.4) is 0 Å². The summed E-state index contributed by atoms with van der Waals surface area (Å²) in [5.41, 5.74) is -0.599. The topological polar surface area (TPSA) is 75.6 Å². The molecule has 2 fully saturated rings. The van der Waals surface area contributed by atoms with E-state index in [0.29, 0.717) is 12.3 Å². The first kappa shape index (κ1) is 21.2. The fraction of sp³-hybridized carbons (Fsp3) is 0.905. The number of carbonyl (C=O) groups excluding carboxylic acids is 2. The van der Waals surface area contributed by atoms with Gasteiger partial charge in [0.05, 0.1) is 6.04 Å². The third kappa shape index (κ3) is 6.90. The van der Waals surface area contributed by atoms with Gasteiger partial charge in [-0.25, -0.2) is 4.79 Å². The number of hydrogen-bond donors (Lipinski definition) is 2. The first-order valence-electron chi connectivity index (χ1n) is 10.5. The smallest absolute Gasteiger partial charge is 0.407 e. The molecule has 26 heavy (non-hydrogen) atoms. The number of carbonyl (C=O) groups is 2. The van der Waals surface area contributed by atoms with Gasteiger partial charge in [-0.2, -0.15) is 0 Å². The molecule has 5 heteroatoms. The molecule has 0 unspecified atom stereocenters. The van der Waals surface area contributed by atoms with Crippen LogP contribution in [0.4, 0.5) is 4.79 Å². The summed E-state index contributed by atoms with van der Waals surface area (Å²) in [6, 6.07) is -0.553. The summed E-state index contributed by atoms with van der Waals surface area (Å²) in [5, 5.41) is 13.6. The Morgan fingerprint density at radius 1 is 1.00 bits per heavy atom. The summed E-state index contributed by atoms with van der Waals surface area (Å²) in [4.78, 5) is 25.1. The van der Waals surface area contributed by atoms with Crippen molar-refractivity contribution in [2.24, 2.45) is 11.8 Å². The van der Waals surface area contributed by atoms with Crippen molar-refractivity contribution >= 4 is 11.9 Å². The normalized spacial score (nSPS) is 22.5. The monoisotopic (exact) mass is 367 g/mol. The number of rotatable bonds is 6. The second-order valence-corrected chi connectivity index (χ2v) is 9.17. The molecule has 2 N–H and O–H groups in total. The Balaban J connectivity index is 2.02. The van der Waals surface area contributed by atoms with Crippen molar-refractivity contribution in [2.45, 2.75) is 109 Å². The van der Waals surface area contributed by atoms with E-state index in [4.69, 9.17) is 4.74 Å². The van der Waals surface area contributed by atoms with Crippen LogP contribution >= 0.6 is 0 Å². The first-order chi connectivity index (χ1) is 12.3. The summed E-state index contributed by atoms with van der Waals surface area (Å²) < 4.78 is 5.36. The molecular weight excluding hydrogens is 330 g/mol. The maximum Gasteiger partial charge on any atom is 0.407 e. The van der Waals surface area contributed by atoms with Gasteiger partial charge in [0.25, 0.3) is 0 Å². The Bertz CT molecular complexity index is 459. The van der Waals surface area contributed by atoms with Gasteiger partial charge in [0.1, 0.15) is 11.7 Å². The molecule has 2 saturated carbocycles. The molecule has 1 amide bonds. The van der Waals surface area contributed by atoms with Crippen molar-refractivity contribution in [1.82, 2.24) is 5.32 Å². The van der Waals surface area contributed by atoms with Crippen LogP contribution in [-0.2, 0) is 9.53 Å². The van der Waals surface area contributed by atoms with Gasteiger partial charge in [-0.1, -0.05) is 51.4 Å². The molecular formula is C21H37NO4. The number of amides is 1. The van der Waals surface area contributed by atoms with Gasteiger partial charge in [0.2, 0.25) is 0 Å². The van der Waals surface area contributed by atoms with Crippen LogP contribution in [0, 0.1) is 11.8 Å². The van der Waals surface area contributed by atoms with Crippen molar-refractivity contribution in [1.29, 1.82) is 0 Å². The average Bonchev–Trinajstić information content (AvgIpc) is 2.60. The number of nitrogens with one attached hydrogen (secondary N) is 1. The molecule has 0 bridgehead atoms. The lowest BCUT2D eigenvalue weighted by Crippen LogP contribution is -2.50. The lowest BCUT2D eigenvalue weighted by atomic mass is 9.79. The second-order valence-electron chi connectivity index (χ2n) is 9.17. The van der Waals surface area contributed by atoms with E-state index in [9.17, 15) is 14.7 Å². The highest BCUT2D eigenvalue weighted by molar-refractivity contribution is 5.86. The van der Waals surface area contributed by atoms with E-state index < -0.39 is 23.8 Å². The summed E-state index contributed by atoms with van der Waals surface area (Å²) in [6.07, 6.45) is 9.81. The number of alkyl carbamates (subject to hydrolysis) is 1. The van der Waals surface area contributed by atoms with Crippen molar-refractivity contribution in [3.63, 3.8) is 0 Å². The van der Waals surface area contributed by atoms with Crippen LogP contribution < -0.4 is 5.32 Å². The molecule has 0 aliphatic heterocycles. The van der Waals surface area contributed by atoms with Gasteiger partial charge in [0, 0.05) is 5.92 Å². The molecule has 2 atom stereocenters. The predicted molar refractivity (Wildman–Crippen MR) is 102 cm³/mol. The van der Waals surface area contributed by atoms with Crippen molar-refractivity contribution in [3.05, 3.63) is 0 Å². The zero-order valence-electron chi connectivity index (χ0n) is 16.8. The summed E-state index contributed by atoms with van der Waals surface area (Å²) in [5.74, 6) is 0.298. The third-order valence-electron chi connectivity index (χ3n) is 5.69. The number of ketones is 1. The molecule has 0 saturated heterocycles. The first-order valence-corrected chi connectivity index (χ1v) is 10.5. The van der Waals surface area contributed by atoms with E-state index in [1.165, 1.54) is 25.7 Å². The van der Waals surface area contributed by atoms with Crippen molar-refractivity contribution < 1.29 is 19.4 Å². The average molecular weight is 368 g/mol. The van der Waals surface area contributed by atoms with Gasteiger partial charge in [-0.3, -0.25) is 4.79 Å². The largest absolute Gasteiger partial charge is 0.444 e. The number of aliphatic hydroxyl groups is 1. The zero-order valence-corrected chi connectivity index (χ0v) is 16.8. The van der Waals surface area contributed by atoms with Crippen molar-refractivity contribution in [2.75, 3.05) is 0 Å². The molecule has 2 rings (SSSR count). The molecule has 0 spiro atoms. The molecule has 150 valence electrons. The van der Waals surface area contributed by atoms with Crippen LogP contribution in [0.25, 0.3) is 0 Å². The molecule has 0 aromatic carbocycles. The van der Waals surface area contributed by atoms with E-state index >= 15 is 0 Å². The maximum absolute atomic E-state index is 12.8. The lowest BCUT2D eigenvalue weighted by molar-refractivity contribution is -0.133. The highest BCUT2D eigenvalue weighted by Crippen LogP contribution is 2.30. The maximum atomic E-state index is 12.8. The number of ether oxygens (including phenoxy) is 1. The molecule has 2 aliphatic carbocycles. The van der Waals surface area contributed by atoms with Gasteiger partial charge >= 0.3 is 6.09 Å². The molecule has 0 heterocycles. The minimum absolute atomic E-state index is 0.0620. The molecule has 2 aliphatic rings. The van der Waals surface area contributed by atoms with Crippen LogP contribution in [0.5, 0.6) is 0 Å². The summed E-state index contributed by atoms with van der Waals surface area (Å²) in [6.45, 7) is 5.44. The Morgan fingerprint density at radius 2 is 1.54 bits per heavy atom. The lowest BCUT2D eigenvalue weighted by Gasteiger charge is -2.32. The number of Topliss-reactive ketones (excluding diaryl/α,β-unsaturated/α-hetero) is 1. The summed E-state index contributed by atoms with van der Waals surface area (Å²) in [7, 11) is 0. The van der Waals surface area contributed by atoms with Gasteiger partial charge in [-0.15, -0.1) is 0 Å². The number of aliphatic hydroxyl groups excluding tert-OH is 1. The van der Waals surface area contributed by atoms with Gasteiger partial charge in [-0.05, 0) is 46.0 Å². The van der Waals surface area contributed by atoms with Crippen molar-refractivity contribution in [3.8, 4) is 0 Å². The Kier molecular flexibility index (Phi) is 7.93. The van der Waals surface area contributed by atoms with Crippen LogP contribution in [0.1, 0.15) is 91.4 Å². The molecule has 5 nitrogen and oxygen atoms in total. The van der Waals surface area contributed by atoms with Crippen LogP contribution in [0.15, 0.2) is 0 Å². The van der Waals surface area contributed by atoms with E-state index in [0.717, 1.165) is 38.5 Å². The van der Waals surface area contributed by atoms with E-state index in [-0.39, 0.29) is 11.7 Å². The van der Waals surface area contributed by atoms with Crippen LogP contribution in [0.2, 0.25) is 0 Å². The standard InChI is InChI=1S/C21H37NO4/c1-21(2,3)26-20(25)22-17(14-15-10-6-4-7-11-15)19(24)18(23)16-12-8-5-9-13-16/h15-17,19,24H,4-14H2,1-3H3,(H,22,25)/t17-,19+/m0/s1. The second kappa shape index (κ2) is 9.72. The molecule has 0 aromatic heterocycles.